The number of likely N-dealkylation sites (tertiary alicyclic amines) is 1. The fourth-order valence-electron chi connectivity index (χ4n) is 1.61. The molecule has 0 aliphatic carbocycles. The molecule has 0 aromatic rings. The van der Waals surface area contributed by atoms with Crippen LogP contribution in [0.5, 0.6) is 0 Å². The maximum atomic E-state index is 10.9. The van der Waals surface area contributed by atoms with Gasteiger partial charge in [0.05, 0.1) is 0 Å². The van der Waals surface area contributed by atoms with Gasteiger partial charge >= 0.3 is 6.09 Å². The van der Waals surface area contributed by atoms with Crippen LogP contribution in [0.3, 0.4) is 0 Å². The molecule has 1 fully saturated rings. The number of thioether (sulfide) groups is 1. The number of hydrogen-bond acceptors (Lipinski definition) is 3. The Labute approximate surface area is 87.7 Å². The predicted octanol–water partition coefficient (Wildman–Crippen LogP) is 1.80. The zero-order chi connectivity index (χ0) is 10.6. The molecule has 1 heterocycles. The second kappa shape index (κ2) is 5.24. The van der Waals surface area contributed by atoms with Gasteiger partial charge in [0.15, 0.2) is 5.12 Å². The molecule has 1 unspecified atom stereocenters. The Bertz CT molecular complexity index is 232. The quantitative estimate of drug-likeness (QED) is 0.727. The van der Waals surface area contributed by atoms with E-state index in [0.29, 0.717) is 18.3 Å². The van der Waals surface area contributed by atoms with Crippen LogP contribution in [0.25, 0.3) is 0 Å². The van der Waals surface area contributed by atoms with Crippen molar-refractivity contribution in [3.05, 3.63) is 0 Å². The van der Waals surface area contributed by atoms with E-state index in [9.17, 15) is 9.59 Å². The molecule has 0 aromatic heterocycles. The zero-order valence-electron chi connectivity index (χ0n) is 8.23. The molecular weight excluding hydrogens is 202 g/mol. The topological polar surface area (TPSA) is 57.6 Å². The van der Waals surface area contributed by atoms with E-state index in [-0.39, 0.29) is 5.12 Å². The van der Waals surface area contributed by atoms with Crippen molar-refractivity contribution in [3.8, 4) is 0 Å². The monoisotopic (exact) mass is 217 g/mol. The van der Waals surface area contributed by atoms with Gasteiger partial charge in [-0.2, -0.15) is 0 Å². The molecule has 0 radical (unpaired) electrons. The first-order valence-electron chi connectivity index (χ1n) is 4.74. The summed E-state index contributed by atoms with van der Waals surface area (Å²) in [5.74, 6) is 0. The normalized spacial score (nSPS) is 22.9. The minimum Gasteiger partial charge on any atom is -0.465 e. The van der Waals surface area contributed by atoms with Crippen LogP contribution in [0.2, 0.25) is 0 Å². The molecule has 0 bridgehead atoms. The molecule has 1 aliphatic rings. The Morgan fingerprint density at radius 1 is 1.36 bits per heavy atom. The third-order valence-electron chi connectivity index (χ3n) is 2.28. The molecule has 0 aromatic carbocycles. The van der Waals surface area contributed by atoms with Crippen LogP contribution in [0.4, 0.5) is 4.79 Å². The van der Waals surface area contributed by atoms with Gasteiger partial charge in [0.2, 0.25) is 0 Å². The second-order valence-electron chi connectivity index (χ2n) is 3.43. The van der Waals surface area contributed by atoms with Crippen molar-refractivity contribution < 1.29 is 14.7 Å². The molecule has 1 saturated heterocycles. The van der Waals surface area contributed by atoms with E-state index in [0.717, 1.165) is 19.3 Å². The number of nitrogens with zero attached hydrogens (tertiary/aromatic N) is 1. The number of carbonyl (C=O) groups excluding carboxylic acids is 1. The van der Waals surface area contributed by atoms with Gasteiger partial charge < -0.3 is 10.0 Å². The molecule has 0 spiro atoms. The first-order chi connectivity index (χ1) is 6.59. The van der Waals surface area contributed by atoms with Crippen LogP contribution in [0.15, 0.2) is 0 Å². The first kappa shape index (κ1) is 11.4. The van der Waals surface area contributed by atoms with Gasteiger partial charge in [-0.1, -0.05) is 11.8 Å². The summed E-state index contributed by atoms with van der Waals surface area (Å²) in [5.41, 5.74) is 0. The van der Waals surface area contributed by atoms with Crippen molar-refractivity contribution in [2.75, 3.05) is 13.1 Å². The Balaban J connectivity index is 2.40. The zero-order valence-corrected chi connectivity index (χ0v) is 9.05. The van der Waals surface area contributed by atoms with Gasteiger partial charge in [0, 0.05) is 25.3 Å². The minimum atomic E-state index is -0.849. The third-order valence-corrected chi connectivity index (χ3v) is 3.41. The van der Waals surface area contributed by atoms with Crippen LogP contribution < -0.4 is 0 Å². The molecule has 14 heavy (non-hydrogen) atoms. The minimum absolute atomic E-state index is 0.124. The van der Waals surface area contributed by atoms with Gasteiger partial charge in [-0.3, -0.25) is 4.79 Å². The number of carboxylic acid groups (broad SMARTS) is 1. The average molecular weight is 217 g/mol. The van der Waals surface area contributed by atoms with Gasteiger partial charge in [0.1, 0.15) is 0 Å². The Morgan fingerprint density at radius 2 is 2.07 bits per heavy atom. The molecule has 5 heteroatoms. The van der Waals surface area contributed by atoms with E-state index < -0.39 is 6.09 Å². The van der Waals surface area contributed by atoms with Crippen molar-refractivity contribution >= 4 is 23.0 Å². The second-order valence-corrected chi connectivity index (χ2v) is 4.91. The van der Waals surface area contributed by atoms with Gasteiger partial charge in [0.25, 0.3) is 0 Å². The van der Waals surface area contributed by atoms with Gasteiger partial charge in [-0.05, 0) is 19.3 Å². The number of amides is 1. The lowest BCUT2D eigenvalue weighted by atomic mass is 10.2. The summed E-state index contributed by atoms with van der Waals surface area (Å²) in [6.45, 7) is 2.72. The summed E-state index contributed by atoms with van der Waals surface area (Å²) in [4.78, 5) is 23.0. The van der Waals surface area contributed by atoms with Crippen LogP contribution in [-0.4, -0.2) is 39.6 Å². The van der Waals surface area contributed by atoms with Gasteiger partial charge in [-0.25, -0.2) is 4.79 Å². The molecule has 80 valence electrons. The molecule has 1 amide bonds. The standard InChI is InChI=1S/C9H15NO3S/c1-7(11)14-8-3-2-5-10(6-4-8)9(12)13/h8H,2-6H2,1H3,(H,12,13). The summed E-state index contributed by atoms with van der Waals surface area (Å²) in [5, 5.41) is 9.21. The first-order valence-corrected chi connectivity index (χ1v) is 5.62. The lowest BCUT2D eigenvalue weighted by Crippen LogP contribution is -2.30. The third kappa shape index (κ3) is 3.57. The highest BCUT2D eigenvalue weighted by atomic mass is 32.2. The molecule has 4 nitrogen and oxygen atoms in total. The van der Waals surface area contributed by atoms with Crippen molar-refractivity contribution in [2.24, 2.45) is 0 Å². The SMILES string of the molecule is CC(=O)SC1CCCN(C(=O)O)CC1. The van der Waals surface area contributed by atoms with E-state index in [1.807, 2.05) is 0 Å². The smallest absolute Gasteiger partial charge is 0.407 e. The molecule has 1 rings (SSSR count). The summed E-state index contributed by atoms with van der Waals surface area (Å²) < 4.78 is 0. The largest absolute Gasteiger partial charge is 0.465 e. The van der Waals surface area contributed by atoms with E-state index >= 15 is 0 Å². The van der Waals surface area contributed by atoms with Crippen molar-refractivity contribution in [1.29, 1.82) is 0 Å². The highest BCUT2D eigenvalue weighted by Crippen LogP contribution is 2.23. The van der Waals surface area contributed by atoms with Crippen LogP contribution in [-0.2, 0) is 4.79 Å². The number of carbonyl (C=O) groups is 2. The van der Waals surface area contributed by atoms with E-state index in [1.165, 1.54) is 16.7 Å². The maximum absolute atomic E-state index is 10.9. The fourth-order valence-corrected chi connectivity index (χ4v) is 2.59. The molecule has 1 N–H and O–H groups in total. The van der Waals surface area contributed by atoms with E-state index in [2.05, 4.69) is 0 Å². The Kier molecular flexibility index (Phi) is 4.25. The molecule has 0 saturated carbocycles. The Hall–Kier alpha value is -0.710. The fraction of sp³-hybridized carbons (Fsp3) is 0.778. The molecular formula is C9H15NO3S. The van der Waals surface area contributed by atoms with Crippen molar-refractivity contribution in [1.82, 2.24) is 4.90 Å². The molecule has 1 aliphatic heterocycles. The predicted molar refractivity (Wildman–Crippen MR) is 55.5 cm³/mol. The summed E-state index contributed by atoms with van der Waals surface area (Å²) >= 11 is 1.34. The summed E-state index contributed by atoms with van der Waals surface area (Å²) in [6, 6.07) is 0. The highest BCUT2D eigenvalue weighted by molar-refractivity contribution is 8.14. The van der Waals surface area contributed by atoms with Crippen LogP contribution >= 0.6 is 11.8 Å². The summed E-state index contributed by atoms with van der Waals surface area (Å²) in [6.07, 6.45) is 1.74. The van der Waals surface area contributed by atoms with E-state index in [4.69, 9.17) is 5.11 Å². The van der Waals surface area contributed by atoms with Crippen molar-refractivity contribution in [3.63, 3.8) is 0 Å². The lowest BCUT2D eigenvalue weighted by Gasteiger charge is -2.15. The van der Waals surface area contributed by atoms with Crippen LogP contribution in [0.1, 0.15) is 26.2 Å². The van der Waals surface area contributed by atoms with Crippen molar-refractivity contribution in [2.45, 2.75) is 31.4 Å². The highest BCUT2D eigenvalue weighted by Gasteiger charge is 2.20. The van der Waals surface area contributed by atoms with Crippen LogP contribution in [0, 0.1) is 0 Å². The summed E-state index contributed by atoms with van der Waals surface area (Å²) in [7, 11) is 0. The van der Waals surface area contributed by atoms with Gasteiger partial charge in [-0.15, -0.1) is 0 Å². The number of rotatable bonds is 1. The number of hydrogen-bond donors (Lipinski definition) is 1. The maximum Gasteiger partial charge on any atom is 0.407 e. The molecule has 1 atom stereocenters. The lowest BCUT2D eigenvalue weighted by molar-refractivity contribution is -0.109. The van der Waals surface area contributed by atoms with E-state index in [1.54, 1.807) is 6.92 Å². The average Bonchev–Trinajstić information content (AvgIpc) is 2.28. The Morgan fingerprint density at radius 3 is 2.64 bits per heavy atom.